The molecule has 0 unspecified atom stereocenters. The van der Waals surface area contributed by atoms with Gasteiger partial charge in [-0.15, -0.1) is 0 Å². The number of aromatic nitrogens is 1. The molecule has 17 heavy (non-hydrogen) atoms. The van der Waals surface area contributed by atoms with Gasteiger partial charge in [0.1, 0.15) is 5.82 Å². The molecule has 1 aromatic carbocycles. The Bertz CT molecular complexity index is 621. The van der Waals surface area contributed by atoms with Gasteiger partial charge in [-0.1, -0.05) is 0 Å². The van der Waals surface area contributed by atoms with E-state index in [0.29, 0.717) is 27.0 Å². The highest BCUT2D eigenvalue weighted by Crippen LogP contribution is 2.41. The van der Waals surface area contributed by atoms with Crippen molar-refractivity contribution in [2.24, 2.45) is 0 Å². The zero-order valence-corrected chi connectivity index (χ0v) is 11.0. The molecule has 1 heterocycles. The number of hydrogen-bond acceptors (Lipinski definition) is 2. The summed E-state index contributed by atoms with van der Waals surface area (Å²) in [5.74, 6) is 0.200. The van der Waals surface area contributed by atoms with Crippen molar-refractivity contribution in [3.63, 3.8) is 0 Å². The van der Waals surface area contributed by atoms with Crippen LogP contribution in [0, 0.1) is 12.7 Å². The fraction of sp³-hybridized carbons (Fsp3) is 0.308. The molecule has 88 valence electrons. The fourth-order valence-electron chi connectivity index (χ4n) is 2.13. The number of fused-ring (bicyclic) bond motifs is 1. The van der Waals surface area contributed by atoms with E-state index in [1.165, 1.54) is 0 Å². The lowest BCUT2D eigenvalue weighted by atomic mass is 10.1. The summed E-state index contributed by atoms with van der Waals surface area (Å²) in [6.45, 7) is 1.93. The number of anilines is 1. The summed E-state index contributed by atoms with van der Waals surface area (Å²) in [6, 6.07) is 3.57. The minimum atomic E-state index is -0.321. The lowest BCUT2D eigenvalue weighted by Crippen LogP contribution is -1.99. The Hall–Kier alpha value is -1.16. The number of nitrogen functional groups attached to an aromatic ring is 1. The van der Waals surface area contributed by atoms with Gasteiger partial charge in [-0.2, -0.15) is 0 Å². The van der Waals surface area contributed by atoms with Crippen molar-refractivity contribution in [3.8, 4) is 0 Å². The molecule has 0 bridgehead atoms. The molecule has 1 aliphatic rings. The summed E-state index contributed by atoms with van der Waals surface area (Å²) >= 11 is 3.20. The van der Waals surface area contributed by atoms with Gasteiger partial charge in [-0.05, 0) is 53.4 Å². The van der Waals surface area contributed by atoms with Crippen molar-refractivity contribution in [3.05, 3.63) is 33.7 Å². The Morgan fingerprint density at radius 1 is 1.41 bits per heavy atom. The van der Waals surface area contributed by atoms with Crippen LogP contribution in [0.4, 0.5) is 10.1 Å². The molecule has 4 heteroatoms. The number of benzene rings is 1. The van der Waals surface area contributed by atoms with Crippen LogP contribution < -0.4 is 5.73 Å². The Morgan fingerprint density at radius 2 is 2.12 bits per heavy atom. The third kappa shape index (κ3) is 1.71. The van der Waals surface area contributed by atoms with Crippen LogP contribution in [-0.4, -0.2) is 4.98 Å². The third-order valence-corrected chi connectivity index (χ3v) is 3.79. The van der Waals surface area contributed by atoms with Crippen molar-refractivity contribution in [1.29, 1.82) is 0 Å². The van der Waals surface area contributed by atoms with E-state index in [1.54, 1.807) is 6.07 Å². The molecule has 1 aromatic heterocycles. The van der Waals surface area contributed by atoms with E-state index in [4.69, 9.17) is 5.73 Å². The smallest absolute Gasteiger partial charge is 0.148 e. The maximum Gasteiger partial charge on any atom is 0.148 e. The summed E-state index contributed by atoms with van der Waals surface area (Å²) in [7, 11) is 0. The predicted octanol–water partition coefficient (Wildman–Crippen LogP) is 3.90. The van der Waals surface area contributed by atoms with Crippen molar-refractivity contribution in [2.45, 2.75) is 25.7 Å². The predicted molar refractivity (Wildman–Crippen MR) is 70.5 cm³/mol. The van der Waals surface area contributed by atoms with Gasteiger partial charge in [0.25, 0.3) is 0 Å². The second-order valence-corrected chi connectivity index (χ2v) is 5.48. The zero-order valence-electron chi connectivity index (χ0n) is 9.43. The summed E-state index contributed by atoms with van der Waals surface area (Å²) in [6.07, 6.45) is 2.33. The summed E-state index contributed by atoms with van der Waals surface area (Å²) in [5, 5.41) is 0.432. The Kier molecular flexibility index (Phi) is 2.36. The van der Waals surface area contributed by atoms with Crippen LogP contribution in [0.2, 0.25) is 0 Å². The van der Waals surface area contributed by atoms with Gasteiger partial charge < -0.3 is 5.73 Å². The quantitative estimate of drug-likeness (QED) is 0.866. The average Bonchev–Trinajstić information content (AvgIpc) is 3.09. The molecule has 1 fully saturated rings. The highest BCUT2D eigenvalue weighted by molar-refractivity contribution is 9.10. The van der Waals surface area contributed by atoms with E-state index in [0.717, 1.165) is 24.1 Å². The number of pyridine rings is 1. The molecule has 1 saturated carbocycles. The molecule has 0 aliphatic heterocycles. The molecule has 0 saturated heterocycles. The monoisotopic (exact) mass is 294 g/mol. The van der Waals surface area contributed by atoms with Crippen LogP contribution in [-0.2, 0) is 0 Å². The number of nitrogens with two attached hydrogens (primary N) is 1. The van der Waals surface area contributed by atoms with E-state index < -0.39 is 0 Å². The SMILES string of the molecule is Cc1cc(Br)c(F)c2c(N)cc(C3CC3)nc12. The van der Waals surface area contributed by atoms with Crippen LogP contribution in [0.5, 0.6) is 0 Å². The number of hydrogen-bond donors (Lipinski definition) is 1. The lowest BCUT2D eigenvalue weighted by molar-refractivity contribution is 0.633. The van der Waals surface area contributed by atoms with E-state index in [1.807, 2.05) is 13.0 Å². The molecular formula is C13H12BrFN2. The molecular weight excluding hydrogens is 283 g/mol. The molecule has 2 N–H and O–H groups in total. The van der Waals surface area contributed by atoms with E-state index in [9.17, 15) is 4.39 Å². The number of aryl methyl sites for hydroxylation is 1. The van der Waals surface area contributed by atoms with Crippen LogP contribution in [0.15, 0.2) is 16.6 Å². The van der Waals surface area contributed by atoms with E-state index in [-0.39, 0.29) is 5.82 Å². The van der Waals surface area contributed by atoms with Crippen LogP contribution in [0.3, 0.4) is 0 Å². The van der Waals surface area contributed by atoms with Gasteiger partial charge in [-0.3, -0.25) is 4.98 Å². The molecule has 0 spiro atoms. The first-order valence-corrected chi connectivity index (χ1v) is 6.42. The maximum atomic E-state index is 14.0. The first kappa shape index (κ1) is 11.0. The topological polar surface area (TPSA) is 38.9 Å². The van der Waals surface area contributed by atoms with Crippen molar-refractivity contribution < 1.29 is 4.39 Å². The van der Waals surface area contributed by atoms with Gasteiger partial charge >= 0.3 is 0 Å². The Morgan fingerprint density at radius 3 is 2.76 bits per heavy atom. The normalized spacial score (nSPS) is 15.5. The number of rotatable bonds is 1. The third-order valence-electron chi connectivity index (χ3n) is 3.21. The van der Waals surface area contributed by atoms with Gasteiger partial charge in [-0.25, -0.2) is 4.39 Å². The minimum Gasteiger partial charge on any atom is -0.398 e. The second-order valence-electron chi connectivity index (χ2n) is 4.62. The van der Waals surface area contributed by atoms with Gasteiger partial charge in [0.05, 0.1) is 15.4 Å². The summed E-state index contributed by atoms with van der Waals surface area (Å²) in [5.41, 5.74) is 9.08. The van der Waals surface area contributed by atoms with Crippen LogP contribution in [0.25, 0.3) is 10.9 Å². The molecule has 0 atom stereocenters. The molecule has 2 aromatic rings. The highest BCUT2D eigenvalue weighted by Gasteiger charge is 2.26. The van der Waals surface area contributed by atoms with Crippen molar-refractivity contribution in [1.82, 2.24) is 4.98 Å². The van der Waals surface area contributed by atoms with Gasteiger partial charge in [0, 0.05) is 17.3 Å². The van der Waals surface area contributed by atoms with Crippen molar-refractivity contribution >= 4 is 32.5 Å². The van der Waals surface area contributed by atoms with Gasteiger partial charge in [0.2, 0.25) is 0 Å². The minimum absolute atomic E-state index is 0.321. The number of halogens is 2. The van der Waals surface area contributed by atoms with Gasteiger partial charge in [0.15, 0.2) is 0 Å². The molecule has 0 radical (unpaired) electrons. The average molecular weight is 295 g/mol. The maximum absolute atomic E-state index is 14.0. The van der Waals surface area contributed by atoms with Crippen LogP contribution in [0.1, 0.15) is 30.0 Å². The first-order valence-electron chi connectivity index (χ1n) is 5.62. The molecule has 0 amide bonds. The standard InChI is InChI=1S/C13H12BrFN2/c1-6-4-8(14)12(15)11-9(16)5-10(7-2-3-7)17-13(6)11/h4-5,7H,2-3H2,1H3,(H2,16,17). The van der Waals surface area contributed by atoms with E-state index in [2.05, 4.69) is 20.9 Å². The van der Waals surface area contributed by atoms with Crippen LogP contribution >= 0.6 is 15.9 Å². The first-order chi connectivity index (χ1) is 8.08. The molecule has 2 nitrogen and oxygen atoms in total. The molecule has 1 aliphatic carbocycles. The fourth-order valence-corrected chi connectivity index (χ4v) is 2.67. The molecule has 3 rings (SSSR count). The van der Waals surface area contributed by atoms with Crippen molar-refractivity contribution in [2.75, 3.05) is 5.73 Å². The summed E-state index contributed by atoms with van der Waals surface area (Å²) in [4.78, 5) is 4.56. The highest BCUT2D eigenvalue weighted by atomic mass is 79.9. The van der Waals surface area contributed by atoms with E-state index >= 15 is 0 Å². The number of nitrogens with zero attached hydrogens (tertiary/aromatic N) is 1. The Labute approximate surface area is 107 Å². The second kappa shape index (κ2) is 3.67. The lowest BCUT2D eigenvalue weighted by Gasteiger charge is -2.10. The zero-order chi connectivity index (χ0) is 12.2. The Balaban J connectivity index is 2.38. The summed E-state index contributed by atoms with van der Waals surface area (Å²) < 4.78 is 14.5. The largest absolute Gasteiger partial charge is 0.398 e.